The van der Waals surface area contributed by atoms with Gasteiger partial charge in [-0.05, 0) is 123 Å². The quantitative estimate of drug-likeness (QED) is 0.108. The summed E-state index contributed by atoms with van der Waals surface area (Å²) in [5, 5.41) is 8.83. The Balaban J connectivity index is 0.787. The average molecular weight is 778 g/mol. The Labute approximate surface area is 328 Å². The molecule has 296 valence electrons. The zero-order valence-corrected chi connectivity index (χ0v) is 31.6. The Hall–Kier alpha value is -6.18. The molecule has 1 aliphatic carbocycles. The first kappa shape index (κ1) is 39.1. The van der Waals surface area contributed by atoms with Gasteiger partial charge in [-0.3, -0.25) is 44.0 Å². The van der Waals surface area contributed by atoms with E-state index in [0.29, 0.717) is 43.3 Å². The summed E-state index contributed by atoms with van der Waals surface area (Å²) >= 11 is 0. The van der Waals surface area contributed by atoms with E-state index in [1.165, 1.54) is 24.3 Å². The van der Waals surface area contributed by atoms with Crippen LogP contribution in [0.25, 0.3) is 10.9 Å². The van der Waals surface area contributed by atoms with Crippen molar-refractivity contribution in [3.8, 4) is 11.5 Å². The minimum atomic E-state index is -1.10. The zero-order valence-electron chi connectivity index (χ0n) is 31.6. The van der Waals surface area contributed by atoms with Gasteiger partial charge in [-0.25, -0.2) is 4.39 Å². The molecule has 0 spiro atoms. The third-order valence-electron chi connectivity index (χ3n) is 11.1. The molecule has 13 nitrogen and oxygen atoms in total. The Morgan fingerprint density at radius 3 is 2.49 bits per heavy atom. The third kappa shape index (κ3) is 8.79. The highest BCUT2D eigenvalue weighted by Crippen LogP contribution is 2.41. The van der Waals surface area contributed by atoms with Gasteiger partial charge in [0.2, 0.25) is 17.7 Å². The van der Waals surface area contributed by atoms with Gasteiger partial charge in [0.05, 0.1) is 23.3 Å². The second kappa shape index (κ2) is 17.3. The van der Waals surface area contributed by atoms with Crippen LogP contribution in [0.1, 0.15) is 90.5 Å². The summed E-state index contributed by atoms with van der Waals surface area (Å²) < 4.78 is 25.5. The van der Waals surface area contributed by atoms with Gasteiger partial charge in [0.15, 0.2) is 6.61 Å². The van der Waals surface area contributed by atoms with Gasteiger partial charge in [0.1, 0.15) is 23.4 Å². The summed E-state index contributed by atoms with van der Waals surface area (Å²) in [5.74, 6) is -2.12. The maximum absolute atomic E-state index is 14.0. The molecule has 2 fully saturated rings. The molecule has 7 rings (SSSR count). The molecule has 0 bridgehead atoms. The van der Waals surface area contributed by atoms with Crippen molar-refractivity contribution in [3.05, 3.63) is 95.4 Å². The van der Waals surface area contributed by atoms with Crippen LogP contribution in [0.15, 0.2) is 72.9 Å². The second-order valence-corrected chi connectivity index (χ2v) is 14.8. The van der Waals surface area contributed by atoms with E-state index >= 15 is 0 Å². The molecule has 2 atom stereocenters. The Morgan fingerprint density at radius 2 is 1.72 bits per heavy atom. The van der Waals surface area contributed by atoms with E-state index in [4.69, 9.17) is 9.47 Å². The van der Waals surface area contributed by atoms with Gasteiger partial charge < -0.3 is 20.1 Å². The van der Waals surface area contributed by atoms with E-state index in [1.54, 1.807) is 30.5 Å². The lowest BCUT2D eigenvalue weighted by atomic mass is 9.73. The van der Waals surface area contributed by atoms with Crippen molar-refractivity contribution in [2.45, 2.75) is 70.3 Å². The maximum Gasteiger partial charge on any atom is 0.266 e. The van der Waals surface area contributed by atoms with E-state index in [1.807, 2.05) is 25.1 Å². The van der Waals surface area contributed by atoms with Crippen LogP contribution in [-0.4, -0.2) is 71.1 Å². The first-order valence-corrected chi connectivity index (χ1v) is 19.4. The van der Waals surface area contributed by atoms with Crippen molar-refractivity contribution in [1.82, 2.24) is 20.5 Å². The lowest BCUT2D eigenvalue weighted by Crippen LogP contribution is -2.54. The van der Waals surface area contributed by atoms with Crippen molar-refractivity contribution >= 4 is 52.0 Å². The zero-order chi connectivity index (χ0) is 40.1. The molecule has 3 aliphatic rings. The maximum atomic E-state index is 14.0. The molecule has 14 heteroatoms. The van der Waals surface area contributed by atoms with Gasteiger partial charge in [-0.2, -0.15) is 0 Å². The minimum absolute atomic E-state index is 0.00985. The number of amides is 6. The molecule has 3 aromatic carbocycles. The summed E-state index contributed by atoms with van der Waals surface area (Å²) in [6.45, 7) is 2.37. The first-order chi connectivity index (χ1) is 27.6. The van der Waals surface area contributed by atoms with Crippen molar-refractivity contribution in [1.29, 1.82) is 0 Å². The fourth-order valence-corrected chi connectivity index (χ4v) is 7.97. The number of nitrogens with one attached hydrogen (secondary N) is 3. The summed E-state index contributed by atoms with van der Waals surface area (Å²) in [7, 11) is 0. The SMILES string of the molecule is C[C@@H](C(=O)Nc1ccc(OCCCCNC(=O)COc2cccc3c2C(=O)N(C2CCC(=O)NC2=O)C3=O)cc1)C1CCC(c2ccnc3ccc(F)cc23)CC1. The fraction of sp³-hybridized carbons (Fsp3) is 0.372. The van der Waals surface area contributed by atoms with Crippen molar-refractivity contribution < 1.29 is 42.6 Å². The monoisotopic (exact) mass is 777 g/mol. The Morgan fingerprint density at radius 1 is 0.930 bits per heavy atom. The van der Waals surface area contributed by atoms with Crippen LogP contribution in [0.4, 0.5) is 10.1 Å². The molecule has 1 unspecified atom stereocenters. The number of aromatic nitrogens is 1. The number of imide groups is 2. The number of nitrogens with zero attached hydrogens (tertiary/aromatic N) is 2. The van der Waals surface area contributed by atoms with Crippen LogP contribution in [0.5, 0.6) is 11.5 Å². The highest BCUT2D eigenvalue weighted by Gasteiger charge is 2.46. The smallest absolute Gasteiger partial charge is 0.266 e. The number of hydrogen-bond acceptors (Lipinski definition) is 9. The number of benzene rings is 3. The molecule has 6 amide bonds. The van der Waals surface area contributed by atoms with Crippen molar-refractivity contribution in [3.63, 3.8) is 0 Å². The van der Waals surface area contributed by atoms with Crippen LogP contribution in [0, 0.1) is 17.7 Å². The number of fused-ring (bicyclic) bond motifs is 2. The number of carbonyl (C=O) groups excluding carboxylic acids is 6. The van der Waals surface area contributed by atoms with E-state index < -0.39 is 35.6 Å². The topological polar surface area (TPSA) is 173 Å². The molecule has 2 aliphatic heterocycles. The predicted octanol–water partition coefficient (Wildman–Crippen LogP) is 5.68. The number of carbonyl (C=O) groups is 6. The van der Waals surface area contributed by atoms with E-state index in [0.717, 1.165) is 47.0 Å². The average Bonchev–Trinajstić information content (AvgIpc) is 3.47. The van der Waals surface area contributed by atoms with Gasteiger partial charge in [-0.15, -0.1) is 0 Å². The van der Waals surface area contributed by atoms with Crippen molar-refractivity contribution in [2.75, 3.05) is 25.1 Å². The van der Waals surface area contributed by atoms with Crippen LogP contribution < -0.4 is 25.4 Å². The molecule has 4 aromatic rings. The summed E-state index contributed by atoms with van der Waals surface area (Å²) in [4.78, 5) is 81.0. The van der Waals surface area contributed by atoms with Crippen LogP contribution >= 0.6 is 0 Å². The molecule has 1 saturated carbocycles. The van der Waals surface area contributed by atoms with E-state index in [2.05, 4.69) is 20.9 Å². The largest absolute Gasteiger partial charge is 0.494 e. The van der Waals surface area contributed by atoms with Crippen molar-refractivity contribution in [2.24, 2.45) is 11.8 Å². The van der Waals surface area contributed by atoms with Gasteiger partial charge in [-0.1, -0.05) is 13.0 Å². The molecule has 1 aromatic heterocycles. The minimum Gasteiger partial charge on any atom is -0.494 e. The molecule has 3 heterocycles. The highest BCUT2D eigenvalue weighted by molar-refractivity contribution is 6.24. The molecule has 3 N–H and O–H groups in total. The number of anilines is 1. The van der Waals surface area contributed by atoms with Crippen LogP contribution in [0.2, 0.25) is 0 Å². The number of pyridine rings is 1. The first-order valence-electron chi connectivity index (χ1n) is 19.4. The molecular formula is C43H44FN5O8. The molecule has 1 saturated heterocycles. The summed E-state index contributed by atoms with van der Waals surface area (Å²) in [6.07, 6.45) is 6.82. The highest BCUT2D eigenvalue weighted by atomic mass is 19.1. The fourth-order valence-electron chi connectivity index (χ4n) is 7.97. The van der Waals surface area contributed by atoms with Gasteiger partial charge in [0.25, 0.3) is 17.7 Å². The van der Waals surface area contributed by atoms with E-state index in [9.17, 15) is 33.2 Å². The standard InChI is InChI=1S/C43H44FN5O8/c1-25(26-7-9-27(10-8-26)31-19-21-45-34-16-11-28(44)23-33(31)34)40(52)47-29-12-14-30(15-13-29)56-22-3-2-20-46-38(51)24-57-36-6-4-5-32-39(36)43(55)49(42(32)54)35-17-18-37(50)48-41(35)53/h4-6,11-16,19,21,23,25-27,35H,2-3,7-10,17-18,20,22,24H2,1H3,(H,46,51)(H,47,52)(H,48,50,53)/t25-,26?,27?,35?/m1/s1. The number of rotatable bonds is 14. The van der Waals surface area contributed by atoms with E-state index in [-0.39, 0.29) is 59.9 Å². The number of piperidine rings is 1. The van der Waals surface area contributed by atoms with Crippen LogP contribution in [0.3, 0.4) is 0 Å². The predicted molar refractivity (Wildman–Crippen MR) is 207 cm³/mol. The third-order valence-corrected chi connectivity index (χ3v) is 11.1. The number of halogens is 1. The number of hydrogen-bond donors (Lipinski definition) is 3. The molecule has 0 radical (unpaired) electrons. The normalized spacial score (nSPS) is 19.8. The molecule has 57 heavy (non-hydrogen) atoms. The van der Waals surface area contributed by atoms with Gasteiger partial charge >= 0.3 is 0 Å². The van der Waals surface area contributed by atoms with Crippen LogP contribution in [-0.2, 0) is 19.2 Å². The second-order valence-electron chi connectivity index (χ2n) is 14.8. The summed E-state index contributed by atoms with van der Waals surface area (Å²) in [5.41, 5.74) is 2.66. The lowest BCUT2D eigenvalue weighted by molar-refractivity contribution is -0.136. The molecular weight excluding hydrogens is 733 g/mol. The van der Waals surface area contributed by atoms with Gasteiger partial charge in [0, 0.05) is 36.2 Å². The lowest BCUT2D eigenvalue weighted by Gasteiger charge is -2.32. The number of ether oxygens (including phenoxy) is 2. The summed E-state index contributed by atoms with van der Waals surface area (Å²) in [6, 6.07) is 17.3. The Kier molecular flexibility index (Phi) is 11.9. The number of unbranched alkanes of at least 4 members (excludes halogenated alkanes) is 1. The Bertz CT molecular complexity index is 2200.